The van der Waals surface area contributed by atoms with Crippen LogP contribution in [0.15, 0.2) is 0 Å². The minimum Gasteiger partial charge on any atom is -0.303 e. The highest BCUT2D eigenvalue weighted by Crippen LogP contribution is 2.43. The number of nitrogens with zero attached hydrogens (tertiary/aromatic N) is 1. The molecule has 0 aromatic carbocycles. The summed E-state index contributed by atoms with van der Waals surface area (Å²) in [5, 5.41) is 0. The molecule has 1 N–H and O–H groups in total. The average molecular weight is 618 g/mol. The number of hydrogen-bond acceptors (Lipinski definition) is 4. The first-order chi connectivity index (χ1) is 20.6. The van der Waals surface area contributed by atoms with Gasteiger partial charge in [0, 0.05) is 0 Å². The molecule has 5 nitrogen and oxygen atoms in total. The Morgan fingerprint density at radius 2 is 0.643 bits per heavy atom. The molecule has 0 spiro atoms. The fraction of sp³-hybridized carbons (Fsp3) is 1.00. The van der Waals surface area contributed by atoms with E-state index in [1.54, 1.807) is 0 Å². The summed E-state index contributed by atoms with van der Waals surface area (Å²) >= 11 is 0. The molecule has 6 heteroatoms. The number of phosphoric ester groups is 1. The van der Waals surface area contributed by atoms with E-state index in [4.69, 9.17) is 9.05 Å². The van der Waals surface area contributed by atoms with Gasteiger partial charge >= 0.3 is 7.82 Å². The lowest BCUT2D eigenvalue weighted by atomic mass is 10.1. The van der Waals surface area contributed by atoms with E-state index in [9.17, 15) is 9.46 Å². The van der Waals surface area contributed by atoms with Crippen molar-refractivity contribution in [1.29, 1.82) is 0 Å². The molecule has 42 heavy (non-hydrogen) atoms. The summed E-state index contributed by atoms with van der Waals surface area (Å²) < 4.78 is 22.3. The predicted molar refractivity (Wildman–Crippen MR) is 184 cm³/mol. The molecule has 0 bridgehead atoms. The van der Waals surface area contributed by atoms with E-state index in [0.717, 1.165) is 25.7 Å². The Morgan fingerprint density at radius 1 is 0.405 bits per heavy atom. The van der Waals surface area contributed by atoms with E-state index in [1.807, 2.05) is 0 Å². The molecule has 0 aromatic heterocycles. The number of rotatable bonds is 36. The Hall–Kier alpha value is 0.0700. The van der Waals surface area contributed by atoms with Gasteiger partial charge in [0.1, 0.15) is 0 Å². The third-order valence-electron chi connectivity index (χ3n) is 8.53. The Balaban J connectivity index is 3.71. The normalized spacial score (nSPS) is 13.3. The Labute approximate surface area is 264 Å². The molecule has 0 rings (SSSR count). The summed E-state index contributed by atoms with van der Waals surface area (Å²) in [4.78, 5) is 12.6. The predicted octanol–water partition coefficient (Wildman–Crippen LogP) is 12.4. The van der Waals surface area contributed by atoms with Crippen LogP contribution in [-0.2, 0) is 13.6 Å². The Bertz CT molecular complexity index is 547. The summed E-state index contributed by atoms with van der Waals surface area (Å²) in [5.41, 5.74) is 0. The second kappa shape index (κ2) is 34.0. The lowest BCUT2D eigenvalue weighted by Crippen LogP contribution is -2.27. The topological polar surface area (TPSA) is 59.0 Å². The van der Waals surface area contributed by atoms with Gasteiger partial charge in [0.15, 0.2) is 0 Å². The van der Waals surface area contributed by atoms with Crippen LogP contribution >= 0.6 is 7.82 Å². The average Bonchev–Trinajstić information content (AvgIpc) is 2.98. The van der Waals surface area contributed by atoms with Crippen LogP contribution in [0.5, 0.6) is 0 Å². The van der Waals surface area contributed by atoms with Crippen LogP contribution in [-0.4, -0.2) is 42.6 Å². The van der Waals surface area contributed by atoms with Crippen molar-refractivity contribution in [2.75, 3.05) is 32.8 Å². The highest BCUT2D eigenvalue weighted by atomic mass is 31.2. The molecule has 0 heterocycles. The van der Waals surface area contributed by atoms with Gasteiger partial charge in [-0.3, -0.25) is 9.05 Å². The van der Waals surface area contributed by atoms with Crippen molar-refractivity contribution in [2.24, 2.45) is 0 Å². The van der Waals surface area contributed by atoms with Crippen LogP contribution < -0.4 is 0 Å². The van der Waals surface area contributed by atoms with Gasteiger partial charge < -0.3 is 9.79 Å². The van der Waals surface area contributed by atoms with Crippen LogP contribution in [0, 0.1) is 0 Å². The molecule has 1 unspecified atom stereocenters. The van der Waals surface area contributed by atoms with Gasteiger partial charge in [0.05, 0.1) is 13.2 Å². The van der Waals surface area contributed by atoms with Crippen molar-refractivity contribution in [3.63, 3.8) is 0 Å². The van der Waals surface area contributed by atoms with Crippen molar-refractivity contribution in [3.8, 4) is 0 Å². The maximum absolute atomic E-state index is 12.0. The van der Waals surface area contributed by atoms with Gasteiger partial charge in [-0.25, -0.2) is 4.57 Å². The van der Waals surface area contributed by atoms with Gasteiger partial charge in [-0.15, -0.1) is 0 Å². The van der Waals surface area contributed by atoms with E-state index in [-0.39, 0.29) is 0 Å². The van der Waals surface area contributed by atoms with E-state index < -0.39 is 7.82 Å². The summed E-state index contributed by atoms with van der Waals surface area (Å²) in [7, 11) is -3.87. The lowest BCUT2D eigenvalue weighted by Gasteiger charge is -2.22. The Kier molecular flexibility index (Phi) is 34.0. The van der Waals surface area contributed by atoms with Crippen molar-refractivity contribution in [1.82, 2.24) is 4.90 Å². The Morgan fingerprint density at radius 3 is 0.929 bits per heavy atom. The third kappa shape index (κ3) is 33.0. The largest absolute Gasteiger partial charge is 0.472 e. The lowest BCUT2D eigenvalue weighted by molar-refractivity contribution is 0.145. The highest BCUT2D eigenvalue weighted by molar-refractivity contribution is 7.47. The van der Waals surface area contributed by atoms with E-state index in [0.29, 0.717) is 13.2 Å². The molecule has 0 saturated carbocycles. The van der Waals surface area contributed by atoms with Crippen molar-refractivity contribution in [3.05, 3.63) is 0 Å². The summed E-state index contributed by atoms with van der Waals surface area (Å²) in [6, 6.07) is 0. The molecule has 1 atom stereocenters. The first kappa shape index (κ1) is 42.1. The maximum atomic E-state index is 12.0. The minimum atomic E-state index is -3.87. The van der Waals surface area contributed by atoms with Gasteiger partial charge in [-0.05, 0) is 51.7 Å². The second-order valence-electron chi connectivity index (χ2n) is 12.8. The monoisotopic (exact) mass is 618 g/mol. The van der Waals surface area contributed by atoms with Crippen LogP contribution in [0.1, 0.15) is 201 Å². The molecule has 0 amide bonds. The van der Waals surface area contributed by atoms with Crippen LogP contribution in [0.3, 0.4) is 0 Å². The van der Waals surface area contributed by atoms with E-state index in [1.165, 1.54) is 174 Å². The molecular formula is C36H76NO4P. The highest BCUT2D eigenvalue weighted by Gasteiger charge is 2.19. The van der Waals surface area contributed by atoms with Crippen molar-refractivity contribution < 1.29 is 18.5 Å². The SMILES string of the molecule is CCCCCCCCCOP(=O)(O)OCCCCCCCCCCCN(CCCCCCCC)CCCCCCCC. The number of unbranched alkanes of at least 4 members (excludes halogenated alkanes) is 24. The molecule has 0 radical (unpaired) electrons. The van der Waals surface area contributed by atoms with Gasteiger partial charge in [0.25, 0.3) is 0 Å². The molecule has 0 saturated heterocycles. The summed E-state index contributed by atoms with van der Waals surface area (Å²) in [6.07, 6.45) is 35.9. The van der Waals surface area contributed by atoms with Crippen LogP contribution in [0.4, 0.5) is 0 Å². The second-order valence-corrected chi connectivity index (χ2v) is 14.3. The van der Waals surface area contributed by atoms with Crippen LogP contribution in [0.25, 0.3) is 0 Å². The first-order valence-electron chi connectivity index (χ1n) is 18.9. The molecule has 0 aliphatic carbocycles. The zero-order valence-corrected chi connectivity index (χ0v) is 29.8. The van der Waals surface area contributed by atoms with Gasteiger partial charge in [-0.1, -0.05) is 168 Å². The molecule has 0 aliphatic rings. The standard InChI is InChI=1S/C36H76NO4P/c1-4-7-10-13-20-25-30-35-40-42(38,39)41-36-31-26-21-18-16-17-19-24-29-34-37(32-27-22-14-11-8-5-2)33-28-23-15-12-9-6-3/h4-36H2,1-3H3,(H,38,39). The summed E-state index contributed by atoms with van der Waals surface area (Å²) in [5.74, 6) is 0. The zero-order valence-electron chi connectivity index (χ0n) is 28.9. The molecule has 254 valence electrons. The van der Waals surface area contributed by atoms with E-state index >= 15 is 0 Å². The fourth-order valence-electron chi connectivity index (χ4n) is 5.70. The summed E-state index contributed by atoms with van der Waals surface area (Å²) in [6.45, 7) is 11.4. The smallest absolute Gasteiger partial charge is 0.303 e. The number of hydrogen-bond donors (Lipinski definition) is 1. The molecular weight excluding hydrogens is 541 g/mol. The van der Waals surface area contributed by atoms with E-state index in [2.05, 4.69) is 25.7 Å². The van der Waals surface area contributed by atoms with Gasteiger partial charge in [0.2, 0.25) is 0 Å². The van der Waals surface area contributed by atoms with Crippen LogP contribution in [0.2, 0.25) is 0 Å². The number of phosphoric acid groups is 1. The quantitative estimate of drug-likeness (QED) is 0.0560. The third-order valence-corrected chi connectivity index (χ3v) is 9.55. The molecule has 0 aliphatic heterocycles. The first-order valence-corrected chi connectivity index (χ1v) is 20.4. The maximum Gasteiger partial charge on any atom is 0.472 e. The molecule has 0 fully saturated rings. The molecule has 0 aromatic rings. The van der Waals surface area contributed by atoms with Crippen molar-refractivity contribution in [2.45, 2.75) is 201 Å². The van der Waals surface area contributed by atoms with Crippen molar-refractivity contribution >= 4 is 7.82 Å². The zero-order chi connectivity index (χ0) is 30.8. The minimum absolute atomic E-state index is 0.317. The van der Waals surface area contributed by atoms with Gasteiger partial charge in [-0.2, -0.15) is 0 Å². The fourth-order valence-corrected chi connectivity index (χ4v) is 6.49.